The lowest BCUT2D eigenvalue weighted by Crippen LogP contribution is -2.22. The molecule has 10 heteroatoms. The number of aromatic amines is 1. The van der Waals surface area contributed by atoms with Crippen LogP contribution in [-0.2, 0) is 9.47 Å². The van der Waals surface area contributed by atoms with E-state index >= 15 is 0 Å². The van der Waals surface area contributed by atoms with Crippen molar-refractivity contribution in [3.8, 4) is 17.3 Å². The summed E-state index contributed by atoms with van der Waals surface area (Å²) in [6.45, 7) is 4.17. The molecule has 0 aliphatic rings. The van der Waals surface area contributed by atoms with Crippen LogP contribution in [0.2, 0.25) is 5.02 Å². The van der Waals surface area contributed by atoms with E-state index in [4.69, 9.17) is 30.2 Å². The van der Waals surface area contributed by atoms with Crippen molar-refractivity contribution < 1.29 is 23.6 Å². The number of anilines is 1. The van der Waals surface area contributed by atoms with E-state index in [9.17, 15) is 4.79 Å². The molecule has 0 saturated heterocycles. The van der Waals surface area contributed by atoms with E-state index in [2.05, 4.69) is 15.3 Å². The SMILES string of the molecule is COC(COc1ccc2c(=O)oc(-c3csc(NC(C)C)n3)[nH+]c2c1Cl)OC. The zero-order chi connectivity index (χ0) is 20.3. The predicted molar refractivity (Wildman–Crippen MR) is 107 cm³/mol. The van der Waals surface area contributed by atoms with Gasteiger partial charge in [-0.05, 0) is 26.0 Å². The van der Waals surface area contributed by atoms with Crippen LogP contribution in [0, 0.1) is 0 Å². The minimum absolute atomic E-state index is 0.142. The number of hydrogen-bond acceptors (Lipinski definition) is 8. The molecule has 0 unspecified atom stereocenters. The number of ether oxygens (including phenoxy) is 3. The molecule has 0 radical (unpaired) electrons. The summed E-state index contributed by atoms with van der Waals surface area (Å²) in [7, 11) is 3.03. The van der Waals surface area contributed by atoms with Gasteiger partial charge in [-0.25, -0.2) is 9.78 Å². The Morgan fingerprint density at radius 3 is 2.75 bits per heavy atom. The molecule has 1 aromatic carbocycles. The highest BCUT2D eigenvalue weighted by Crippen LogP contribution is 2.30. The van der Waals surface area contributed by atoms with Gasteiger partial charge in [-0.2, -0.15) is 4.98 Å². The van der Waals surface area contributed by atoms with Crippen molar-refractivity contribution in [2.24, 2.45) is 0 Å². The fraction of sp³-hybridized carbons (Fsp3) is 0.389. The molecule has 150 valence electrons. The fourth-order valence-corrected chi connectivity index (χ4v) is 3.55. The normalized spacial score (nSPS) is 11.5. The molecular weight excluding hydrogens is 406 g/mol. The van der Waals surface area contributed by atoms with Crippen LogP contribution >= 0.6 is 22.9 Å². The first kappa shape index (κ1) is 20.5. The lowest BCUT2D eigenvalue weighted by atomic mass is 10.2. The van der Waals surface area contributed by atoms with Crippen LogP contribution in [0.15, 0.2) is 26.7 Å². The first-order valence-corrected chi connectivity index (χ1v) is 9.78. The molecule has 0 spiro atoms. The number of rotatable bonds is 8. The van der Waals surface area contributed by atoms with Crippen LogP contribution in [0.3, 0.4) is 0 Å². The van der Waals surface area contributed by atoms with E-state index in [0.29, 0.717) is 22.3 Å². The average Bonchev–Trinajstić information content (AvgIpc) is 3.12. The van der Waals surface area contributed by atoms with Gasteiger partial charge in [0.25, 0.3) is 0 Å². The molecule has 2 N–H and O–H groups in total. The summed E-state index contributed by atoms with van der Waals surface area (Å²) in [6, 6.07) is 3.43. The third kappa shape index (κ3) is 4.44. The van der Waals surface area contributed by atoms with Crippen molar-refractivity contribution in [2.45, 2.75) is 26.2 Å². The van der Waals surface area contributed by atoms with Gasteiger partial charge in [-0.1, -0.05) is 11.6 Å². The van der Waals surface area contributed by atoms with E-state index in [0.717, 1.165) is 5.13 Å². The second kappa shape index (κ2) is 8.87. The van der Waals surface area contributed by atoms with Crippen molar-refractivity contribution in [2.75, 3.05) is 26.1 Å². The molecule has 3 aromatic rings. The Morgan fingerprint density at radius 1 is 1.32 bits per heavy atom. The lowest BCUT2D eigenvalue weighted by Gasteiger charge is -2.14. The summed E-state index contributed by atoms with van der Waals surface area (Å²) in [5.74, 6) is 0.609. The summed E-state index contributed by atoms with van der Waals surface area (Å²) in [6.07, 6.45) is -0.533. The summed E-state index contributed by atoms with van der Waals surface area (Å²) in [5, 5.41) is 6.30. The molecule has 28 heavy (non-hydrogen) atoms. The third-order valence-electron chi connectivity index (χ3n) is 3.81. The Balaban J connectivity index is 1.97. The van der Waals surface area contributed by atoms with Crippen LogP contribution in [0.1, 0.15) is 13.8 Å². The maximum absolute atomic E-state index is 12.4. The molecule has 2 aromatic heterocycles. The smallest absolute Gasteiger partial charge is 0.402 e. The number of hydrogen-bond donors (Lipinski definition) is 1. The number of benzene rings is 1. The van der Waals surface area contributed by atoms with Crippen molar-refractivity contribution in [1.82, 2.24) is 4.98 Å². The largest absolute Gasteiger partial charge is 0.486 e. The van der Waals surface area contributed by atoms with Crippen LogP contribution in [0.4, 0.5) is 5.13 Å². The molecule has 0 bridgehead atoms. The zero-order valence-corrected chi connectivity index (χ0v) is 17.4. The van der Waals surface area contributed by atoms with Gasteiger partial charge in [0, 0.05) is 25.6 Å². The van der Waals surface area contributed by atoms with E-state index in [1.165, 1.54) is 25.6 Å². The van der Waals surface area contributed by atoms with Gasteiger partial charge in [0.2, 0.25) is 5.52 Å². The molecule has 0 saturated carbocycles. The molecule has 0 fully saturated rings. The number of nitrogens with one attached hydrogen (secondary N) is 2. The summed E-state index contributed by atoms with van der Waals surface area (Å²) >= 11 is 7.89. The molecule has 0 aliphatic heterocycles. The number of fused-ring (bicyclic) bond motifs is 1. The minimum Gasteiger partial charge on any atom is -0.486 e. The number of thiazole rings is 1. The highest BCUT2D eigenvalue weighted by Gasteiger charge is 2.22. The average molecular weight is 427 g/mol. The number of halogens is 1. The quantitative estimate of drug-likeness (QED) is 0.552. The number of methoxy groups -OCH3 is 2. The molecule has 0 amide bonds. The Labute approximate surface area is 170 Å². The monoisotopic (exact) mass is 426 g/mol. The maximum Gasteiger partial charge on any atom is 0.402 e. The number of H-pyrrole nitrogens is 1. The van der Waals surface area contributed by atoms with Gasteiger partial charge in [-0.3, -0.25) is 0 Å². The fourth-order valence-electron chi connectivity index (χ4n) is 2.45. The van der Waals surface area contributed by atoms with Crippen molar-refractivity contribution in [1.29, 1.82) is 0 Å². The van der Waals surface area contributed by atoms with Gasteiger partial charge >= 0.3 is 11.5 Å². The second-order valence-electron chi connectivity index (χ2n) is 6.19. The Hall–Kier alpha value is -2.20. The topological polar surface area (TPSA) is 97.0 Å². The second-order valence-corrected chi connectivity index (χ2v) is 7.43. The molecule has 0 atom stereocenters. The van der Waals surface area contributed by atoms with Gasteiger partial charge in [0.05, 0.1) is 0 Å². The number of aromatic nitrogens is 2. The predicted octanol–water partition coefficient (Wildman–Crippen LogP) is 3.20. The van der Waals surface area contributed by atoms with Crippen LogP contribution in [0.25, 0.3) is 22.5 Å². The maximum atomic E-state index is 12.4. The Morgan fingerprint density at radius 2 is 2.07 bits per heavy atom. The summed E-state index contributed by atoms with van der Waals surface area (Å²) < 4.78 is 21.2. The zero-order valence-electron chi connectivity index (χ0n) is 15.9. The van der Waals surface area contributed by atoms with E-state index in [1.807, 2.05) is 13.8 Å². The molecule has 2 heterocycles. The standard InChI is InChI=1S/C18H20ClN3O5S/c1-9(2)20-18-21-11(8-28-18)16-22-15-10(17(23)27-16)5-6-12(14(15)19)26-7-13(24-3)25-4/h5-6,8-9,13H,7H2,1-4H3,(H,20,21)/p+1. The summed E-state index contributed by atoms with van der Waals surface area (Å²) in [5.41, 5.74) is 0.395. The molecular formula is C18H21ClN3O5S+. The highest BCUT2D eigenvalue weighted by atomic mass is 35.5. The van der Waals surface area contributed by atoms with Gasteiger partial charge < -0.3 is 23.9 Å². The van der Waals surface area contributed by atoms with Crippen LogP contribution in [-0.4, -0.2) is 38.1 Å². The Bertz CT molecular complexity index is 1020. The van der Waals surface area contributed by atoms with Gasteiger partial charge in [0.15, 0.2) is 22.1 Å². The summed E-state index contributed by atoms with van der Waals surface area (Å²) in [4.78, 5) is 19.9. The molecule has 8 nitrogen and oxygen atoms in total. The van der Waals surface area contributed by atoms with Crippen molar-refractivity contribution >= 4 is 39.0 Å². The van der Waals surface area contributed by atoms with Crippen LogP contribution < -0.4 is 20.7 Å². The molecule has 0 aliphatic carbocycles. The minimum atomic E-state index is -0.533. The lowest BCUT2D eigenvalue weighted by molar-refractivity contribution is -0.349. The van der Waals surface area contributed by atoms with Crippen molar-refractivity contribution in [3.05, 3.63) is 33.0 Å². The first-order valence-electron chi connectivity index (χ1n) is 8.52. The van der Waals surface area contributed by atoms with Gasteiger partial charge in [-0.15, -0.1) is 11.3 Å². The van der Waals surface area contributed by atoms with E-state index in [-0.39, 0.29) is 23.6 Å². The third-order valence-corrected chi connectivity index (χ3v) is 4.96. The van der Waals surface area contributed by atoms with E-state index in [1.54, 1.807) is 17.5 Å². The van der Waals surface area contributed by atoms with Gasteiger partial charge in [0.1, 0.15) is 17.7 Å². The number of nitrogens with zero attached hydrogens (tertiary/aromatic N) is 1. The van der Waals surface area contributed by atoms with E-state index < -0.39 is 11.9 Å². The first-order chi connectivity index (χ1) is 13.4. The van der Waals surface area contributed by atoms with Crippen LogP contribution in [0.5, 0.6) is 5.75 Å². The Kier molecular flexibility index (Phi) is 6.50. The highest BCUT2D eigenvalue weighted by molar-refractivity contribution is 7.14. The molecule has 3 rings (SSSR count). The van der Waals surface area contributed by atoms with Crippen molar-refractivity contribution in [3.63, 3.8) is 0 Å².